The number of hydrogen-bond donors (Lipinski definition) is 0. The molecule has 0 amide bonds. The van der Waals surface area contributed by atoms with Crippen LogP contribution in [0.5, 0.6) is 0 Å². The molecule has 0 aromatic carbocycles. The van der Waals surface area contributed by atoms with E-state index in [-0.39, 0.29) is 0 Å². The second-order valence-corrected chi connectivity index (χ2v) is 7.02. The van der Waals surface area contributed by atoms with Gasteiger partial charge in [0.2, 0.25) is 0 Å². The van der Waals surface area contributed by atoms with E-state index in [1.54, 1.807) is 1.93 Å². The van der Waals surface area contributed by atoms with E-state index in [0.29, 0.717) is 21.2 Å². The van der Waals surface area contributed by atoms with Crippen LogP contribution in [0.25, 0.3) is 0 Å². The molecular formula is C3H6I2. The van der Waals surface area contributed by atoms with Crippen molar-refractivity contribution in [1.82, 2.24) is 0 Å². The fourth-order valence-corrected chi connectivity index (χ4v) is 0. The molecule has 0 fully saturated rings. The van der Waals surface area contributed by atoms with Gasteiger partial charge in [0, 0.05) is 0 Å². The Labute approximate surface area is 57.1 Å². The summed E-state index contributed by atoms with van der Waals surface area (Å²) >= 11 is 2.82. The third-order valence-corrected chi connectivity index (χ3v) is 4.48. The molecule has 0 aromatic heterocycles. The maximum absolute atomic E-state index is 2.37. The van der Waals surface area contributed by atoms with Gasteiger partial charge in [0.1, 0.15) is 0 Å². The first-order valence-electron chi connectivity index (χ1n) is 1.26. The number of rotatable bonds is 1. The van der Waals surface area contributed by atoms with Crippen LogP contribution >= 0.6 is 22.6 Å². The summed E-state index contributed by atoms with van der Waals surface area (Å²) in [5.74, 6) is 0. The predicted octanol–water partition coefficient (Wildman–Crippen LogP) is -1.35. The zero-order chi connectivity index (χ0) is 4.28. The molecule has 0 aromatic rings. The summed E-state index contributed by atoms with van der Waals surface area (Å²) in [6.07, 6.45) is 0. The van der Waals surface area contributed by atoms with Gasteiger partial charge in [-0.25, -0.2) is 0 Å². The molecule has 0 aliphatic heterocycles. The van der Waals surface area contributed by atoms with Crippen LogP contribution in [0.4, 0.5) is 0 Å². The van der Waals surface area contributed by atoms with Gasteiger partial charge in [-0.3, -0.25) is 0 Å². The van der Waals surface area contributed by atoms with Crippen LogP contribution in [0.3, 0.4) is 0 Å². The predicted molar refractivity (Wildman–Crippen MR) is 28.9 cm³/mol. The fourth-order valence-electron chi connectivity index (χ4n) is 0. The topological polar surface area (TPSA) is 0 Å². The summed E-state index contributed by atoms with van der Waals surface area (Å²) in [6, 6.07) is 0. The Bertz CT molecular complexity index is 18.9. The minimum atomic E-state index is 0.451. The molecule has 0 aliphatic carbocycles. The molecule has 0 spiro atoms. The van der Waals surface area contributed by atoms with E-state index in [0.717, 1.165) is 0 Å². The first-order valence-corrected chi connectivity index (χ1v) is 5.57. The van der Waals surface area contributed by atoms with E-state index >= 15 is 0 Å². The van der Waals surface area contributed by atoms with Crippen molar-refractivity contribution in [3.8, 4) is 0 Å². The molecule has 0 aliphatic rings. The number of hydrogen-bond acceptors (Lipinski definition) is 0. The van der Waals surface area contributed by atoms with Gasteiger partial charge >= 0.3 is 57.6 Å². The number of halogens is 2. The van der Waals surface area contributed by atoms with Crippen molar-refractivity contribution in [3.63, 3.8) is 0 Å². The summed E-state index contributed by atoms with van der Waals surface area (Å²) < 4.78 is 1.58. The van der Waals surface area contributed by atoms with Crippen LogP contribution in [0, 0.1) is 1.93 Å². The van der Waals surface area contributed by atoms with Crippen LogP contribution in [0.15, 0.2) is 0 Å². The van der Waals surface area contributed by atoms with E-state index < -0.39 is 0 Å². The van der Waals surface area contributed by atoms with Crippen molar-refractivity contribution >= 4 is 22.6 Å². The molecule has 2 heteroatoms. The molecule has 0 bridgehead atoms. The molecule has 0 unspecified atom stereocenters. The van der Waals surface area contributed by atoms with Crippen LogP contribution < -0.4 is 21.2 Å². The number of alkyl halides is 1. The van der Waals surface area contributed by atoms with E-state index in [1.165, 1.54) is 0 Å². The van der Waals surface area contributed by atoms with Gasteiger partial charge < -0.3 is 0 Å². The SMILES string of the molecule is C[I-][C+](C)I. The molecule has 0 nitrogen and oxygen atoms in total. The van der Waals surface area contributed by atoms with Gasteiger partial charge in [0.25, 0.3) is 0 Å². The molecule has 0 saturated carbocycles. The van der Waals surface area contributed by atoms with Crippen molar-refractivity contribution in [2.24, 2.45) is 0 Å². The first kappa shape index (κ1) is 6.33. The maximum atomic E-state index is 2.37. The van der Waals surface area contributed by atoms with Gasteiger partial charge in [-0.1, -0.05) is 0 Å². The monoisotopic (exact) mass is 296 g/mol. The van der Waals surface area contributed by atoms with Crippen LogP contribution in [-0.2, 0) is 0 Å². The van der Waals surface area contributed by atoms with Crippen LogP contribution in [-0.4, -0.2) is 4.93 Å². The second kappa shape index (κ2) is 3.52. The minimum absolute atomic E-state index is 0.451. The average molecular weight is 296 g/mol. The van der Waals surface area contributed by atoms with E-state index in [2.05, 4.69) is 34.4 Å². The van der Waals surface area contributed by atoms with Crippen LogP contribution in [0.2, 0.25) is 0 Å². The molecule has 0 atom stereocenters. The molecule has 0 radical (unpaired) electrons. The summed E-state index contributed by atoms with van der Waals surface area (Å²) in [5, 5.41) is 0. The van der Waals surface area contributed by atoms with Crippen molar-refractivity contribution in [2.45, 2.75) is 6.92 Å². The fraction of sp³-hybridized carbons (Fsp3) is 0.667. The summed E-state index contributed by atoms with van der Waals surface area (Å²) in [5.41, 5.74) is 0. The molecule has 32 valence electrons. The molecule has 0 N–H and O–H groups in total. The summed E-state index contributed by atoms with van der Waals surface area (Å²) in [6.45, 7) is 2.17. The third kappa shape index (κ3) is 5.33. The van der Waals surface area contributed by atoms with E-state index in [4.69, 9.17) is 0 Å². The van der Waals surface area contributed by atoms with Crippen LogP contribution in [0.1, 0.15) is 6.92 Å². The van der Waals surface area contributed by atoms with Crippen molar-refractivity contribution in [1.29, 1.82) is 0 Å². The summed E-state index contributed by atoms with van der Waals surface area (Å²) in [7, 11) is 0. The molecule has 5 heavy (non-hydrogen) atoms. The molecular weight excluding hydrogens is 290 g/mol. The molecule has 0 rings (SSSR count). The Hall–Kier alpha value is 1.33. The second-order valence-electron chi connectivity index (χ2n) is 0.638. The first-order chi connectivity index (χ1) is 2.27. The van der Waals surface area contributed by atoms with E-state index in [9.17, 15) is 0 Å². The molecule has 0 saturated heterocycles. The normalized spacial score (nSPS) is 8.60. The van der Waals surface area contributed by atoms with Crippen molar-refractivity contribution < 1.29 is 21.2 Å². The zero-order valence-corrected chi connectivity index (χ0v) is 7.57. The van der Waals surface area contributed by atoms with Gasteiger partial charge in [0.15, 0.2) is 0 Å². The van der Waals surface area contributed by atoms with Crippen molar-refractivity contribution in [2.75, 3.05) is 4.93 Å². The Morgan fingerprint density at radius 3 is 2.00 bits per heavy atom. The Morgan fingerprint density at radius 1 is 1.80 bits per heavy atom. The van der Waals surface area contributed by atoms with Gasteiger partial charge in [-0.2, -0.15) is 0 Å². The van der Waals surface area contributed by atoms with Crippen molar-refractivity contribution in [3.05, 3.63) is 1.93 Å². The Balaban J connectivity index is 2.54. The zero-order valence-electron chi connectivity index (χ0n) is 3.26. The standard InChI is InChI=1S/C3H6I2/c1-3(4)5-2/h1-2H3. The van der Waals surface area contributed by atoms with Gasteiger partial charge in [-0.05, 0) is 0 Å². The third-order valence-electron chi connectivity index (χ3n) is 0.260. The quantitative estimate of drug-likeness (QED) is 0.319. The molecule has 0 heterocycles. The summed E-state index contributed by atoms with van der Waals surface area (Å²) in [4.78, 5) is 2.26. The Morgan fingerprint density at radius 2 is 2.00 bits per heavy atom. The van der Waals surface area contributed by atoms with Gasteiger partial charge in [-0.15, -0.1) is 0 Å². The van der Waals surface area contributed by atoms with Gasteiger partial charge in [0.05, 0.1) is 0 Å². The average Bonchev–Trinajstić information content (AvgIpc) is 1.38. The Kier molecular flexibility index (Phi) is 4.45. The van der Waals surface area contributed by atoms with E-state index in [1.807, 2.05) is 0 Å².